The van der Waals surface area contributed by atoms with Crippen molar-refractivity contribution in [1.82, 2.24) is 10.6 Å². The third kappa shape index (κ3) is 5.88. The van der Waals surface area contributed by atoms with Crippen LogP contribution < -0.4 is 20.3 Å². The van der Waals surface area contributed by atoms with Crippen molar-refractivity contribution >= 4 is 17.7 Å². The van der Waals surface area contributed by atoms with E-state index in [4.69, 9.17) is 4.74 Å². The van der Waals surface area contributed by atoms with Gasteiger partial charge in [-0.3, -0.25) is 4.79 Å². The summed E-state index contributed by atoms with van der Waals surface area (Å²) in [5.74, 6) is 0.153. The summed E-state index contributed by atoms with van der Waals surface area (Å²) >= 11 is 0. The van der Waals surface area contributed by atoms with E-state index in [1.165, 1.54) is 0 Å². The van der Waals surface area contributed by atoms with Crippen LogP contribution in [0, 0.1) is 5.92 Å². The molecule has 3 aromatic carbocycles. The van der Waals surface area contributed by atoms with Crippen molar-refractivity contribution in [2.24, 2.45) is 5.92 Å². The molecule has 0 spiro atoms. The fourth-order valence-electron chi connectivity index (χ4n) is 4.82. The molecule has 6 nitrogen and oxygen atoms in total. The van der Waals surface area contributed by atoms with Crippen LogP contribution >= 0.6 is 0 Å². The van der Waals surface area contributed by atoms with Crippen molar-refractivity contribution in [3.8, 4) is 16.9 Å². The van der Waals surface area contributed by atoms with E-state index < -0.39 is 0 Å². The van der Waals surface area contributed by atoms with Gasteiger partial charge in [-0.15, -0.1) is 0 Å². The second-order valence-corrected chi connectivity index (χ2v) is 9.18. The van der Waals surface area contributed by atoms with Crippen LogP contribution in [0.15, 0.2) is 72.8 Å². The number of ether oxygens (including phenoxy) is 1. The van der Waals surface area contributed by atoms with E-state index in [1.807, 2.05) is 36.4 Å². The van der Waals surface area contributed by atoms with E-state index in [1.54, 1.807) is 0 Å². The van der Waals surface area contributed by atoms with E-state index in [2.05, 4.69) is 72.7 Å². The Balaban J connectivity index is 1.28. The Kier molecular flexibility index (Phi) is 8.26. The molecule has 0 fully saturated rings. The van der Waals surface area contributed by atoms with Crippen LogP contribution in [0.25, 0.3) is 11.1 Å². The molecule has 1 heterocycles. The molecule has 36 heavy (non-hydrogen) atoms. The number of nitrogens with one attached hydrogen (secondary N) is 2. The highest BCUT2D eigenvalue weighted by molar-refractivity contribution is 5.80. The molecule has 0 saturated heterocycles. The average molecular weight is 486 g/mol. The van der Waals surface area contributed by atoms with Crippen LogP contribution in [0.4, 0.5) is 10.5 Å². The number of amides is 2. The molecule has 1 aliphatic heterocycles. The first-order valence-electron chi connectivity index (χ1n) is 12.8. The summed E-state index contributed by atoms with van der Waals surface area (Å²) in [7, 11) is 0. The molecule has 2 unspecified atom stereocenters. The predicted molar refractivity (Wildman–Crippen MR) is 144 cm³/mol. The first-order chi connectivity index (χ1) is 17.5. The van der Waals surface area contributed by atoms with Gasteiger partial charge >= 0.3 is 12.0 Å². The molecule has 6 heteroatoms. The lowest BCUT2D eigenvalue weighted by Gasteiger charge is -2.31. The minimum atomic E-state index is -0.292. The van der Waals surface area contributed by atoms with E-state index in [9.17, 15) is 9.59 Å². The van der Waals surface area contributed by atoms with Crippen LogP contribution in [0.5, 0.6) is 5.75 Å². The number of carbonyl (C=O) groups excluding carboxylic acids is 2. The Morgan fingerprint density at radius 2 is 1.67 bits per heavy atom. The van der Waals surface area contributed by atoms with Crippen LogP contribution in [-0.4, -0.2) is 31.6 Å². The number of fused-ring (bicyclic) bond motifs is 1. The monoisotopic (exact) mass is 485 g/mol. The Hall–Kier alpha value is -3.80. The van der Waals surface area contributed by atoms with Crippen LogP contribution in [0.1, 0.15) is 44.2 Å². The van der Waals surface area contributed by atoms with Gasteiger partial charge in [0.1, 0.15) is 5.75 Å². The molecular weight excluding hydrogens is 450 g/mol. The minimum absolute atomic E-state index is 0.0255. The maximum absolute atomic E-state index is 12.8. The van der Waals surface area contributed by atoms with Crippen molar-refractivity contribution in [1.29, 1.82) is 0 Å². The van der Waals surface area contributed by atoms with Crippen LogP contribution in [-0.2, 0) is 11.3 Å². The SMILES string of the molecule is CCN(CC)c1ccc2c(c1)OC(=O)C(CCNC(=O)NCc1cccc(-c3ccccc3)c1)C2C. The van der Waals surface area contributed by atoms with Crippen molar-refractivity contribution in [3.63, 3.8) is 0 Å². The molecule has 1 aliphatic rings. The Labute approximate surface area is 213 Å². The van der Waals surface area contributed by atoms with Crippen molar-refractivity contribution < 1.29 is 14.3 Å². The number of hydrogen-bond donors (Lipinski definition) is 2. The van der Waals surface area contributed by atoms with Gasteiger partial charge in [-0.25, -0.2) is 4.79 Å². The molecule has 2 amide bonds. The van der Waals surface area contributed by atoms with Crippen LogP contribution in [0.2, 0.25) is 0 Å². The number of benzene rings is 3. The van der Waals surface area contributed by atoms with Gasteiger partial charge < -0.3 is 20.3 Å². The number of hydrogen-bond acceptors (Lipinski definition) is 4. The Morgan fingerprint density at radius 1 is 0.917 bits per heavy atom. The maximum Gasteiger partial charge on any atom is 0.315 e. The zero-order valence-electron chi connectivity index (χ0n) is 21.3. The van der Waals surface area contributed by atoms with Crippen molar-refractivity contribution in [2.45, 2.75) is 39.7 Å². The minimum Gasteiger partial charge on any atom is -0.426 e. The number of rotatable bonds is 9. The summed E-state index contributed by atoms with van der Waals surface area (Å²) in [5, 5.41) is 5.80. The molecule has 0 saturated carbocycles. The second kappa shape index (κ2) is 11.8. The summed E-state index contributed by atoms with van der Waals surface area (Å²) in [6.07, 6.45) is 0.522. The van der Waals surface area contributed by atoms with Gasteiger partial charge in [0.05, 0.1) is 5.92 Å². The Morgan fingerprint density at radius 3 is 2.42 bits per heavy atom. The summed E-state index contributed by atoms with van der Waals surface area (Å²) in [4.78, 5) is 27.4. The van der Waals surface area contributed by atoms with Gasteiger partial charge in [0, 0.05) is 37.9 Å². The number of carbonyl (C=O) groups is 2. The number of nitrogens with zero attached hydrogens (tertiary/aromatic N) is 1. The molecule has 2 N–H and O–H groups in total. The molecule has 0 radical (unpaired) electrons. The first-order valence-corrected chi connectivity index (χ1v) is 12.8. The summed E-state index contributed by atoms with van der Waals surface area (Å²) < 4.78 is 5.71. The smallest absolute Gasteiger partial charge is 0.315 e. The van der Waals surface area contributed by atoms with Gasteiger partial charge in [-0.1, -0.05) is 61.5 Å². The lowest BCUT2D eigenvalue weighted by molar-refractivity contribution is -0.141. The molecule has 188 valence electrons. The van der Waals surface area contributed by atoms with Gasteiger partial charge in [-0.05, 0) is 60.6 Å². The topological polar surface area (TPSA) is 70.7 Å². The van der Waals surface area contributed by atoms with Gasteiger partial charge in [0.25, 0.3) is 0 Å². The fourth-order valence-corrected chi connectivity index (χ4v) is 4.82. The number of urea groups is 1. The third-order valence-electron chi connectivity index (χ3n) is 6.96. The summed E-state index contributed by atoms with van der Waals surface area (Å²) in [6.45, 7) is 8.89. The van der Waals surface area contributed by atoms with Crippen molar-refractivity contribution in [2.75, 3.05) is 24.5 Å². The maximum atomic E-state index is 12.8. The molecule has 0 bridgehead atoms. The lowest BCUT2D eigenvalue weighted by Crippen LogP contribution is -2.38. The fraction of sp³-hybridized carbons (Fsp3) is 0.333. The summed E-state index contributed by atoms with van der Waals surface area (Å²) in [5.41, 5.74) is 5.38. The normalized spacial score (nSPS) is 16.6. The highest BCUT2D eigenvalue weighted by atomic mass is 16.5. The van der Waals surface area contributed by atoms with Crippen LogP contribution in [0.3, 0.4) is 0 Å². The molecular formula is C30H35N3O3. The van der Waals surface area contributed by atoms with E-state index in [0.717, 1.165) is 41.0 Å². The number of anilines is 1. The highest BCUT2D eigenvalue weighted by Gasteiger charge is 2.35. The largest absolute Gasteiger partial charge is 0.426 e. The number of esters is 1. The van der Waals surface area contributed by atoms with Gasteiger partial charge in [0.2, 0.25) is 0 Å². The van der Waals surface area contributed by atoms with Gasteiger partial charge in [-0.2, -0.15) is 0 Å². The zero-order valence-corrected chi connectivity index (χ0v) is 21.3. The summed E-state index contributed by atoms with van der Waals surface area (Å²) in [6, 6.07) is 24.2. The molecule has 0 aromatic heterocycles. The van der Waals surface area contributed by atoms with Gasteiger partial charge in [0.15, 0.2) is 0 Å². The lowest BCUT2D eigenvalue weighted by atomic mass is 9.83. The van der Waals surface area contributed by atoms with E-state index >= 15 is 0 Å². The molecule has 3 aromatic rings. The third-order valence-corrected chi connectivity index (χ3v) is 6.96. The molecule has 4 rings (SSSR count). The Bertz CT molecular complexity index is 1190. The zero-order chi connectivity index (χ0) is 25.5. The highest BCUT2D eigenvalue weighted by Crippen LogP contribution is 2.40. The molecule has 2 atom stereocenters. The standard InChI is InChI=1S/C30H35N3O3/c1-4-33(5-2)25-14-15-26-21(3)27(29(34)36-28(26)19-25)16-17-31-30(35)32-20-22-10-9-13-24(18-22)23-11-7-6-8-12-23/h6-15,18-19,21,27H,4-5,16-17,20H2,1-3H3,(H2,31,32,35). The van der Waals surface area contributed by atoms with E-state index in [-0.39, 0.29) is 23.8 Å². The second-order valence-electron chi connectivity index (χ2n) is 9.18. The first kappa shape index (κ1) is 25.3. The van der Waals surface area contributed by atoms with Crippen molar-refractivity contribution in [3.05, 3.63) is 83.9 Å². The van der Waals surface area contributed by atoms with E-state index in [0.29, 0.717) is 25.3 Å². The molecule has 0 aliphatic carbocycles. The quantitative estimate of drug-likeness (QED) is 0.300. The average Bonchev–Trinajstić information content (AvgIpc) is 2.90. The predicted octanol–water partition coefficient (Wildman–Crippen LogP) is 5.73.